The van der Waals surface area contributed by atoms with Gasteiger partial charge < -0.3 is 15.4 Å². The highest BCUT2D eigenvalue weighted by molar-refractivity contribution is 7.14. The molecule has 0 radical (unpaired) electrons. The molecule has 3 aromatic heterocycles. The van der Waals surface area contributed by atoms with E-state index < -0.39 is 5.97 Å². The van der Waals surface area contributed by atoms with Crippen LogP contribution in [0, 0.1) is 0 Å². The number of rotatable bonds is 7. The Bertz CT molecular complexity index is 820. The number of aromatic amines is 1. The predicted molar refractivity (Wildman–Crippen MR) is 96.1 cm³/mol. The molecule has 0 saturated heterocycles. The van der Waals surface area contributed by atoms with Crippen molar-refractivity contribution < 1.29 is 14.7 Å². The molecule has 3 aromatic rings. The van der Waals surface area contributed by atoms with Crippen LogP contribution >= 0.6 is 22.7 Å². The Hall–Kier alpha value is -2.38. The zero-order valence-corrected chi connectivity index (χ0v) is 14.4. The fraction of sp³-hybridized carbons (Fsp3) is 0.176. The van der Waals surface area contributed by atoms with Crippen molar-refractivity contribution in [3.63, 3.8) is 0 Å². The molecule has 3 rings (SSSR count). The van der Waals surface area contributed by atoms with E-state index in [0.29, 0.717) is 6.54 Å². The molecule has 0 aliphatic rings. The van der Waals surface area contributed by atoms with Crippen LogP contribution in [0.5, 0.6) is 0 Å². The number of amides is 1. The first-order valence-corrected chi connectivity index (χ1v) is 9.17. The van der Waals surface area contributed by atoms with Crippen LogP contribution < -0.4 is 5.32 Å². The second-order valence-electron chi connectivity index (χ2n) is 5.21. The molecule has 0 aromatic carbocycles. The monoisotopic (exact) mass is 360 g/mol. The fourth-order valence-electron chi connectivity index (χ4n) is 2.34. The summed E-state index contributed by atoms with van der Waals surface area (Å²) >= 11 is 3.28. The summed E-state index contributed by atoms with van der Waals surface area (Å²) in [7, 11) is 0. The minimum Gasteiger partial charge on any atom is -0.481 e. The third kappa shape index (κ3) is 3.93. The first-order valence-electron chi connectivity index (χ1n) is 7.41. The predicted octanol–water partition coefficient (Wildman–Crippen LogP) is 3.95. The number of aliphatic carboxylic acids is 1. The van der Waals surface area contributed by atoms with Crippen molar-refractivity contribution in [2.75, 3.05) is 0 Å². The van der Waals surface area contributed by atoms with Crippen molar-refractivity contribution in [3.05, 3.63) is 46.7 Å². The van der Waals surface area contributed by atoms with Crippen molar-refractivity contribution in [1.29, 1.82) is 0 Å². The molecule has 0 aliphatic heterocycles. The standard InChI is InChI=1S/C17H16N2O3S2/c20-15(5-6-16(21)22)18-10-11-9-12(13-3-1-7-23-13)19-17(11)14-4-2-8-24-14/h1-4,7-9,19H,5-6,10H2,(H,18,20)(H,21,22). The molecule has 0 atom stereocenters. The number of hydrogen-bond donors (Lipinski definition) is 3. The SMILES string of the molecule is O=C(O)CCC(=O)NCc1cc(-c2cccs2)[nH]c1-c1cccs1. The molecule has 24 heavy (non-hydrogen) atoms. The van der Waals surface area contributed by atoms with Crippen LogP contribution in [0.3, 0.4) is 0 Å². The third-order valence-electron chi connectivity index (χ3n) is 3.50. The van der Waals surface area contributed by atoms with E-state index in [-0.39, 0.29) is 18.7 Å². The molecule has 1 amide bonds. The lowest BCUT2D eigenvalue weighted by molar-refractivity contribution is -0.138. The maximum atomic E-state index is 11.8. The number of carboxylic acid groups (broad SMARTS) is 1. The minimum absolute atomic E-state index is 0.00806. The van der Waals surface area contributed by atoms with Crippen molar-refractivity contribution in [3.8, 4) is 21.1 Å². The average Bonchev–Trinajstić information content (AvgIpc) is 3.30. The van der Waals surface area contributed by atoms with Crippen molar-refractivity contribution in [2.45, 2.75) is 19.4 Å². The summed E-state index contributed by atoms with van der Waals surface area (Å²) in [6, 6.07) is 10.1. The van der Waals surface area contributed by atoms with Gasteiger partial charge in [-0.3, -0.25) is 9.59 Å². The summed E-state index contributed by atoms with van der Waals surface area (Å²) in [4.78, 5) is 28.0. The normalized spacial score (nSPS) is 10.7. The van der Waals surface area contributed by atoms with Crippen molar-refractivity contribution in [1.82, 2.24) is 10.3 Å². The van der Waals surface area contributed by atoms with Gasteiger partial charge in [-0.15, -0.1) is 22.7 Å². The number of nitrogens with one attached hydrogen (secondary N) is 2. The van der Waals surface area contributed by atoms with Gasteiger partial charge >= 0.3 is 5.97 Å². The summed E-state index contributed by atoms with van der Waals surface area (Å²) in [5.41, 5.74) is 3.00. The van der Waals surface area contributed by atoms with Crippen LogP contribution in [0.2, 0.25) is 0 Å². The largest absolute Gasteiger partial charge is 0.481 e. The molecular weight excluding hydrogens is 344 g/mol. The van der Waals surface area contributed by atoms with Gasteiger partial charge in [-0.1, -0.05) is 12.1 Å². The molecular formula is C17H16N2O3S2. The minimum atomic E-state index is -0.967. The summed E-state index contributed by atoms with van der Waals surface area (Å²) in [5.74, 6) is -1.22. The fourth-order valence-corrected chi connectivity index (χ4v) is 3.80. The molecule has 0 saturated carbocycles. The highest BCUT2D eigenvalue weighted by Crippen LogP contribution is 2.33. The zero-order chi connectivity index (χ0) is 16.9. The van der Waals surface area contributed by atoms with E-state index in [1.165, 1.54) is 0 Å². The number of thiophene rings is 2. The molecule has 124 valence electrons. The highest BCUT2D eigenvalue weighted by Gasteiger charge is 2.14. The van der Waals surface area contributed by atoms with E-state index >= 15 is 0 Å². The lowest BCUT2D eigenvalue weighted by Gasteiger charge is -2.05. The highest BCUT2D eigenvalue weighted by atomic mass is 32.1. The molecule has 0 aliphatic carbocycles. The van der Waals surface area contributed by atoms with Gasteiger partial charge in [-0.05, 0) is 34.5 Å². The smallest absolute Gasteiger partial charge is 0.303 e. The Balaban J connectivity index is 1.78. The maximum Gasteiger partial charge on any atom is 0.303 e. The van der Waals surface area contributed by atoms with Crippen molar-refractivity contribution in [2.24, 2.45) is 0 Å². The molecule has 0 bridgehead atoms. The topological polar surface area (TPSA) is 82.2 Å². The van der Waals surface area contributed by atoms with Gasteiger partial charge in [0.05, 0.1) is 27.6 Å². The molecule has 3 heterocycles. The number of carbonyl (C=O) groups is 2. The first-order chi connectivity index (χ1) is 11.6. The number of aromatic nitrogens is 1. The van der Waals surface area contributed by atoms with Gasteiger partial charge in [0.15, 0.2) is 0 Å². The van der Waals surface area contributed by atoms with E-state index in [9.17, 15) is 9.59 Å². The Labute approximate surface area is 147 Å². The van der Waals surface area contributed by atoms with Crippen LogP contribution in [0.4, 0.5) is 0 Å². The Morgan fingerprint density at radius 1 is 1.08 bits per heavy atom. The third-order valence-corrected chi connectivity index (χ3v) is 5.29. The molecule has 3 N–H and O–H groups in total. The summed E-state index contributed by atoms with van der Waals surface area (Å²) < 4.78 is 0. The zero-order valence-electron chi connectivity index (χ0n) is 12.7. The summed E-state index contributed by atoms with van der Waals surface area (Å²) in [5, 5.41) is 15.5. The number of H-pyrrole nitrogens is 1. The van der Waals surface area contributed by atoms with Crippen LogP contribution in [0.25, 0.3) is 21.1 Å². The van der Waals surface area contributed by atoms with E-state index in [1.54, 1.807) is 22.7 Å². The van der Waals surface area contributed by atoms with Crippen LogP contribution in [0.1, 0.15) is 18.4 Å². The molecule has 7 heteroatoms. The van der Waals surface area contributed by atoms with Crippen LogP contribution in [-0.2, 0) is 16.1 Å². The Morgan fingerprint density at radius 2 is 1.79 bits per heavy atom. The van der Waals surface area contributed by atoms with Gasteiger partial charge in [0.1, 0.15) is 0 Å². The van der Waals surface area contributed by atoms with E-state index in [4.69, 9.17) is 5.11 Å². The Morgan fingerprint density at radius 3 is 2.42 bits per heavy atom. The molecule has 0 fully saturated rings. The number of carboxylic acids is 1. The lowest BCUT2D eigenvalue weighted by atomic mass is 10.2. The number of hydrogen-bond acceptors (Lipinski definition) is 4. The Kier molecular flexibility index (Phi) is 5.12. The second kappa shape index (κ2) is 7.46. The average molecular weight is 360 g/mol. The van der Waals surface area contributed by atoms with E-state index in [2.05, 4.69) is 10.3 Å². The van der Waals surface area contributed by atoms with E-state index in [0.717, 1.165) is 26.7 Å². The molecule has 5 nitrogen and oxygen atoms in total. The van der Waals surface area contributed by atoms with Gasteiger partial charge in [-0.25, -0.2) is 0 Å². The number of carbonyl (C=O) groups excluding carboxylic acids is 1. The summed E-state index contributed by atoms with van der Waals surface area (Å²) in [6.07, 6.45) is -0.164. The van der Waals surface area contributed by atoms with Crippen LogP contribution in [0.15, 0.2) is 41.1 Å². The quantitative estimate of drug-likeness (QED) is 0.596. The summed E-state index contributed by atoms with van der Waals surface area (Å²) in [6.45, 7) is 0.369. The van der Waals surface area contributed by atoms with Gasteiger partial charge in [0, 0.05) is 13.0 Å². The first kappa shape index (κ1) is 16.5. The lowest BCUT2D eigenvalue weighted by Crippen LogP contribution is -2.23. The van der Waals surface area contributed by atoms with Gasteiger partial charge in [0.25, 0.3) is 0 Å². The maximum absolute atomic E-state index is 11.8. The van der Waals surface area contributed by atoms with Crippen LogP contribution in [-0.4, -0.2) is 22.0 Å². The van der Waals surface area contributed by atoms with E-state index in [1.807, 2.05) is 41.1 Å². The molecule has 0 unspecified atom stereocenters. The van der Waals surface area contributed by atoms with Gasteiger partial charge in [-0.2, -0.15) is 0 Å². The molecule has 0 spiro atoms. The van der Waals surface area contributed by atoms with Crippen molar-refractivity contribution >= 4 is 34.6 Å². The second-order valence-corrected chi connectivity index (χ2v) is 7.10. The van der Waals surface area contributed by atoms with Gasteiger partial charge in [0.2, 0.25) is 5.91 Å².